The molecule has 0 radical (unpaired) electrons. The van der Waals surface area contributed by atoms with E-state index in [1.807, 2.05) is 36.7 Å². The van der Waals surface area contributed by atoms with Gasteiger partial charge in [-0.25, -0.2) is 9.97 Å². The third-order valence-corrected chi connectivity index (χ3v) is 4.28. The molecule has 0 bridgehead atoms. The average Bonchev–Trinajstić information content (AvgIpc) is 3.09. The maximum absolute atomic E-state index is 12.5. The van der Waals surface area contributed by atoms with Crippen LogP contribution in [0.15, 0.2) is 37.1 Å². The number of aromatic nitrogens is 3. The second-order valence-corrected chi connectivity index (χ2v) is 5.33. The van der Waals surface area contributed by atoms with Gasteiger partial charge in [0.05, 0.1) is 5.41 Å². The highest BCUT2D eigenvalue weighted by molar-refractivity contribution is 5.85. The van der Waals surface area contributed by atoms with E-state index in [-0.39, 0.29) is 30.7 Å². The van der Waals surface area contributed by atoms with Crippen LogP contribution in [-0.4, -0.2) is 27.0 Å². The number of hydrogen-bond donors (Lipinski definition) is 2. The highest BCUT2D eigenvalue weighted by atomic mass is 35.5. The molecule has 0 unspecified atom stereocenters. The first kappa shape index (κ1) is 22.4. The Morgan fingerprint density at radius 2 is 2.00 bits per heavy atom. The molecular formula is C16H25Cl2N5O. The number of hydrogen-bond acceptors (Lipinski definition) is 4. The number of nitrogens with one attached hydrogen (secondary N) is 1. The number of nitrogens with zero attached hydrogens (tertiary/aromatic N) is 3. The lowest BCUT2D eigenvalue weighted by molar-refractivity contribution is -0.131. The summed E-state index contributed by atoms with van der Waals surface area (Å²) in [5.74, 6) is 0.770. The second kappa shape index (κ2) is 10.3. The summed E-state index contributed by atoms with van der Waals surface area (Å²) in [4.78, 5) is 20.9. The molecule has 2 heterocycles. The van der Waals surface area contributed by atoms with Crippen molar-refractivity contribution in [1.82, 2.24) is 19.9 Å². The number of rotatable bonds is 7. The van der Waals surface area contributed by atoms with E-state index in [0.29, 0.717) is 13.1 Å². The summed E-state index contributed by atoms with van der Waals surface area (Å²) in [5, 5.41) is 3.00. The molecule has 0 aliphatic rings. The Labute approximate surface area is 155 Å². The average molecular weight is 374 g/mol. The lowest BCUT2D eigenvalue weighted by Crippen LogP contribution is -2.45. The predicted octanol–water partition coefficient (Wildman–Crippen LogP) is 2.49. The van der Waals surface area contributed by atoms with Gasteiger partial charge in [0.15, 0.2) is 0 Å². The largest absolute Gasteiger partial charge is 0.351 e. The predicted molar refractivity (Wildman–Crippen MR) is 99.8 cm³/mol. The Morgan fingerprint density at radius 3 is 2.54 bits per heavy atom. The SMILES string of the molecule is CCC(CC)(CN)C(=O)NCc1cccnc1-n1ccnc1.Cl.Cl. The van der Waals surface area contributed by atoms with Gasteiger partial charge in [-0.15, -0.1) is 24.8 Å². The topological polar surface area (TPSA) is 85.8 Å². The van der Waals surface area contributed by atoms with Gasteiger partial charge in [0.25, 0.3) is 0 Å². The minimum Gasteiger partial charge on any atom is -0.351 e. The van der Waals surface area contributed by atoms with E-state index in [1.54, 1.807) is 18.7 Å². The van der Waals surface area contributed by atoms with Crippen LogP contribution in [0.1, 0.15) is 32.3 Å². The van der Waals surface area contributed by atoms with Crippen molar-refractivity contribution in [3.05, 3.63) is 42.6 Å². The van der Waals surface area contributed by atoms with Crippen molar-refractivity contribution >= 4 is 30.7 Å². The fourth-order valence-corrected chi connectivity index (χ4v) is 2.50. The summed E-state index contributed by atoms with van der Waals surface area (Å²) in [6, 6.07) is 3.81. The maximum atomic E-state index is 12.5. The van der Waals surface area contributed by atoms with Crippen molar-refractivity contribution in [3.8, 4) is 5.82 Å². The number of nitrogens with two attached hydrogens (primary N) is 1. The zero-order valence-corrected chi connectivity index (χ0v) is 15.6. The third-order valence-electron chi connectivity index (χ3n) is 4.28. The van der Waals surface area contributed by atoms with Crippen LogP contribution in [-0.2, 0) is 11.3 Å². The molecule has 0 aliphatic heterocycles. The van der Waals surface area contributed by atoms with Gasteiger partial charge in [0.1, 0.15) is 12.1 Å². The maximum Gasteiger partial charge on any atom is 0.227 e. The molecule has 2 aromatic heterocycles. The Hall–Kier alpha value is -1.63. The summed E-state index contributed by atoms with van der Waals surface area (Å²) in [6.45, 7) is 4.77. The van der Waals surface area contributed by atoms with Crippen LogP contribution >= 0.6 is 24.8 Å². The van der Waals surface area contributed by atoms with Crippen molar-refractivity contribution in [2.24, 2.45) is 11.1 Å². The number of amides is 1. The van der Waals surface area contributed by atoms with Crippen LogP contribution in [0.2, 0.25) is 0 Å². The van der Waals surface area contributed by atoms with Crippen molar-refractivity contribution in [3.63, 3.8) is 0 Å². The number of imidazole rings is 1. The zero-order valence-electron chi connectivity index (χ0n) is 13.9. The summed E-state index contributed by atoms with van der Waals surface area (Å²) in [6.07, 6.45) is 8.40. The van der Waals surface area contributed by atoms with Crippen molar-refractivity contribution in [2.45, 2.75) is 33.2 Å². The molecule has 0 spiro atoms. The zero-order chi connectivity index (χ0) is 16.0. The number of pyridine rings is 1. The molecule has 0 saturated heterocycles. The van der Waals surface area contributed by atoms with Crippen molar-refractivity contribution < 1.29 is 4.79 Å². The third kappa shape index (κ3) is 4.69. The molecule has 2 rings (SSSR count). The van der Waals surface area contributed by atoms with Gasteiger partial charge < -0.3 is 11.1 Å². The Bertz CT molecular complexity index is 606. The molecule has 0 saturated carbocycles. The highest BCUT2D eigenvalue weighted by Gasteiger charge is 2.33. The van der Waals surface area contributed by atoms with Crippen LogP contribution in [0.5, 0.6) is 0 Å². The molecule has 1 amide bonds. The molecule has 0 aliphatic carbocycles. The van der Waals surface area contributed by atoms with E-state index in [1.165, 1.54) is 0 Å². The lowest BCUT2D eigenvalue weighted by atomic mass is 9.81. The van der Waals surface area contributed by atoms with Gasteiger partial charge in [-0.3, -0.25) is 9.36 Å². The summed E-state index contributed by atoms with van der Waals surface area (Å²) < 4.78 is 1.83. The van der Waals surface area contributed by atoms with Gasteiger partial charge >= 0.3 is 0 Å². The number of carbonyl (C=O) groups is 1. The summed E-state index contributed by atoms with van der Waals surface area (Å²) >= 11 is 0. The van der Waals surface area contributed by atoms with Crippen LogP contribution in [0.25, 0.3) is 5.82 Å². The molecule has 8 heteroatoms. The molecule has 0 aromatic carbocycles. The Balaban J connectivity index is 0.00000264. The van der Waals surface area contributed by atoms with Gasteiger partial charge in [-0.1, -0.05) is 19.9 Å². The van der Waals surface area contributed by atoms with E-state index >= 15 is 0 Å². The van der Waals surface area contributed by atoms with E-state index < -0.39 is 5.41 Å². The van der Waals surface area contributed by atoms with Crippen molar-refractivity contribution in [2.75, 3.05) is 6.54 Å². The minimum atomic E-state index is -0.489. The minimum absolute atomic E-state index is 0. The smallest absolute Gasteiger partial charge is 0.227 e. The summed E-state index contributed by atoms with van der Waals surface area (Å²) in [7, 11) is 0. The first-order valence-corrected chi connectivity index (χ1v) is 7.57. The van der Waals surface area contributed by atoms with Gasteiger partial charge in [0, 0.05) is 37.2 Å². The molecule has 0 fully saturated rings. The lowest BCUT2D eigenvalue weighted by Gasteiger charge is -2.28. The molecular weight excluding hydrogens is 349 g/mol. The molecule has 134 valence electrons. The second-order valence-electron chi connectivity index (χ2n) is 5.33. The normalized spacial score (nSPS) is 10.5. The van der Waals surface area contributed by atoms with Gasteiger partial charge in [-0.05, 0) is 18.9 Å². The number of halogens is 2. The van der Waals surface area contributed by atoms with Crippen molar-refractivity contribution in [1.29, 1.82) is 0 Å². The van der Waals surface area contributed by atoms with Crippen LogP contribution in [0.4, 0.5) is 0 Å². The first-order valence-electron chi connectivity index (χ1n) is 7.57. The van der Waals surface area contributed by atoms with Gasteiger partial charge in [0.2, 0.25) is 5.91 Å². The van der Waals surface area contributed by atoms with Crippen LogP contribution < -0.4 is 11.1 Å². The van der Waals surface area contributed by atoms with E-state index in [2.05, 4.69) is 15.3 Å². The molecule has 3 N–H and O–H groups in total. The monoisotopic (exact) mass is 373 g/mol. The molecule has 24 heavy (non-hydrogen) atoms. The number of carbonyl (C=O) groups excluding carboxylic acids is 1. The fourth-order valence-electron chi connectivity index (χ4n) is 2.50. The quantitative estimate of drug-likeness (QED) is 0.780. The van der Waals surface area contributed by atoms with E-state index in [9.17, 15) is 4.79 Å². The standard InChI is InChI=1S/C16H23N5O.2ClH/c1-3-16(4-2,11-17)15(22)20-10-13-6-5-7-19-14(13)21-9-8-18-12-21;;/h5-9,12H,3-4,10-11,17H2,1-2H3,(H,20,22);2*1H. The summed E-state index contributed by atoms with van der Waals surface area (Å²) in [5.41, 5.74) is 6.27. The van der Waals surface area contributed by atoms with Crippen LogP contribution in [0.3, 0.4) is 0 Å². The Morgan fingerprint density at radius 1 is 1.29 bits per heavy atom. The fraction of sp³-hybridized carbons (Fsp3) is 0.438. The van der Waals surface area contributed by atoms with E-state index in [0.717, 1.165) is 24.2 Å². The van der Waals surface area contributed by atoms with Gasteiger partial charge in [-0.2, -0.15) is 0 Å². The molecule has 0 atom stereocenters. The molecule has 6 nitrogen and oxygen atoms in total. The molecule has 2 aromatic rings. The van der Waals surface area contributed by atoms with Crippen LogP contribution in [0, 0.1) is 5.41 Å². The first-order chi connectivity index (χ1) is 10.7. The Kier molecular flexibility index (Phi) is 9.58. The highest BCUT2D eigenvalue weighted by Crippen LogP contribution is 2.25. The van der Waals surface area contributed by atoms with E-state index in [4.69, 9.17) is 5.73 Å².